The van der Waals surface area contributed by atoms with Gasteiger partial charge in [-0.1, -0.05) is 18.2 Å². The van der Waals surface area contributed by atoms with E-state index in [0.29, 0.717) is 17.1 Å². The third-order valence-corrected chi connectivity index (χ3v) is 3.27. The summed E-state index contributed by atoms with van der Waals surface area (Å²) in [5.41, 5.74) is 6.53. The van der Waals surface area contributed by atoms with Crippen molar-refractivity contribution in [3.63, 3.8) is 0 Å². The molecule has 0 saturated carbocycles. The van der Waals surface area contributed by atoms with Gasteiger partial charge in [0.1, 0.15) is 0 Å². The number of rotatable bonds is 5. The molecule has 0 spiro atoms. The predicted molar refractivity (Wildman–Crippen MR) is 74.0 cm³/mol. The summed E-state index contributed by atoms with van der Waals surface area (Å²) in [5.74, 6) is -0.606. The summed E-state index contributed by atoms with van der Waals surface area (Å²) in [4.78, 5) is 26.9. The number of amides is 2. The highest BCUT2D eigenvalue weighted by atomic mass is 32.1. The number of nitrogens with zero attached hydrogens (tertiary/aromatic N) is 1. The van der Waals surface area contributed by atoms with Crippen molar-refractivity contribution in [3.8, 4) is 0 Å². The second-order valence-corrected chi connectivity index (χ2v) is 4.80. The molecule has 0 bridgehead atoms. The van der Waals surface area contributed by atoms with Crippen LogP contribution in [0, 0.1) is 0 Å². The van der Waals surface area contributed by atoms with Crippen molar-refractivity contribution in [1.82, 2.24) is 4.98 Å². The Kier molecular flexibility index (Phi) is 4.25. The van der Waals surface area contributed by atoms with E-state index in [1.807, 2.05) is 6.07 Å². The van der Waals surface area contributed by atoms with E-state index in [0.717, 1.165) is 5.56 Å². The number of primary amides is 1. The molecular weight excluding hydrogens is 262 g/mol. The third-order valence-electron chi connectivity index (χ3n) is 2.58. The third kappa shape index (κ3) is 3.62. The van der Waals surface area contributed by atoms with Crippen molar-refractivity contribution in [2.75, 3.05) is 5.32 Å². The first-order valence-corrected chi connectivity index (χ1v) is 6.62. The molecule has 6 heteroatoms. The molecule has 0 fully saturated rings. The van der Waals surface area contributed by atoms with Gasteiger partial charge in [0.2, 0.25) is 11.8 Å². The molecule has 0 aliphatic rings. The molecule has 1 aromatic heterocycles. The Morgan fingerprint density at radius 3 is 2.79 bits per heavy atom. The summed E-state index contributed by atoms with van der Waals surface area (Å²) < 4.78 is 0. The standard InChI is InChI=1S/C13H13N3O2S/c14-12(18)10-4-2-1-3-9(10)5-6-11(17)16-13-15-7-8-19-13/h1-4,7-8H,5-6H2,(H2,14,18)(H,15,16,17). The first-order chi connectivity index (χ1) is 9.16. The second kappa shape index (κ2) is 6.10. The molecule has 0 aliphatic heterocycles. The number of aromatic nitrogens is 1. The highest BCUT2D eigenvalue weighted by Gasteiger charge is 2.09. The average molecular weight is 275 g/mol. The second-order valence-electron chi connectivity index (χ2n) is 3.91. The number of nitrogens with two attached hydrogens (primary N) is 1. The zero-order valence-electron chi connectivity index (χ0n) is 10.1. The molecule has 0 aliphatic carbocycles. The molecule has 0 unspecified atom stereocenters. The van der Waals surface area contributed by atoms with Crippen LogP contribution in [0.25, 0.3) is 0 Å². The van der Waals surface area contributed by atoms with Gasteiger partial charge in [-0.3, -0.25) is 9.59 Å². The van der Waals surface area contributed by atoms with Gasteiger partial charge in [0.05, 0.1) is 0 Å². The molecule has 1 heterocycles. The van der Waals surface area contributed by atoms with Crippen molar-refractivity contribution >= 4 is 28.3 Å². The van der Waals surface area contributed by atoms with E-state index < -0.39 is 5.91 Å². The van der Waals surface area contributed by atoms with Gasteiger partial charge < -0.3 is 11.1 Å². The molecule has 98 valence electrons. The zero-order chi connectivity index (χ0) is 13.7. The van der Waals surface area contributed by atoms with Crippen molar-refractivity contribution < 1.29 is 9.59 Å². The molecule has 0 atom stereocenters. The van der Waals surface area contributed by atoms with Crippen LogP contribution in [0.1, 0.15) is 22.3 Å². The van der Waals surface area contributed by atoms with E-state index in [-0.39, 0.29) is 12.3 Å². The van der Waals surface area contributed by atoms with Gasteiger partial charge in [0, 0.05) is 23.6 Å². The monoisotopic (exact) mass is 275 g/mol. The van der Waals surface area contributed by atoms with Crippen LogP contribution in [0.15, 0.2) is 35.8 Å². The van der Waals surface area contributed by atoms with Crippen LogP contribution in [-0.4, -0.2) is 16.8 Å². The number of hydrogen-bond acceptors (Lipinski definition) is 4. The van der Waals surface area contributed by atoms with Crippen LogP contribution in [0.3, 0.4) is 0 Å². The molecule has 1 aromatic carbocycles. The summed E-state index contributed by atoms with van der Waals surface area (Å²) in [5, 5.41) is 5.06. The van der Waals surface area contributed by atoms with Gasteiger partial charge in [-0.15, -0.1) is 11.3 Å². The lowest BCUT2D eigenvalue weighted by atomic mass is 10.0. The highest BCUT2D eigenvalue weighted by Crippen LogP contribution is 2.13. The Hall–Kier alpha value is -2.21. The molecule has 2 rings (SSSR count). The van der Waals surface area contributed by atoms with Crippen molar-refractivity contribution in [3.05, 3.63) is 47.0 Å². The van der Waals surface area contributed by atoms with Gasteiger partial charge in [-0.05, 0) is 18.1 Å². The Morgan fingerprint density at radius 2 is 2.11 bits per heavy atom. The van der Waals surface area contributed by atoms with Crippen LogP contribution in [0.2, 0.25) is 0 Å². The topological polar surface area (TPSA) is 85.1 Å². The number of aryl methyl sites for hydroxylation is 1. The zero-order valence-corrected chi connectivity index (χ0v) is 10.9. The van der Waals surface area contributed by atoms with Crippen LogP contribution in [0.5, 0.6) is 0 Å². The number of anilines is 1. The van der Waals surface area contributed by atoms with E-state index >= 15 is 0 Å². The highest BCUT2D eigenvalue weighted by molar-refractivity contribution is 7.13. The van der Waals surface area contributed by atoms with Gasteiger partial charge in [0.25, 0.3) is 0 Å². The lowest BCUT2D eigenvalue weighted by Gasteiger charge is -2.06. The molecule has 2 aromatic rings. The number of carbonyl (C=O) groups is 2. The first kappa shape index (κ1) is 13.2. The normalized spacial score (nSPS) is 10.1. The summed E-state index contributed by atoms with van der Waals surface area (Å²) in [6.07, 6.45) is 2.38. The molecule has 0 radical (unpaired) electrons. The Labute approximate surface area is 114 Å². The molecule has 3 N–H and O–H groups in total. The van der Waals surface area contributed by atoms with Gasteiger partial charge in [-0.2, -0.15) is 0 Å². The molecule has 2 amide bonds. The fourth-order valence-corrected chi connectivity index (χ4v) is 2.24. The quantitative estimate of drug-likeness (QED) is 0.872. The molecule has 0 saturated heterocycles. The van der Waals surface area contributed by atoms with Gasteiger partial charge >= 0.3 is 0 Å². The smallest absolute Gasteiger partial charge is 0.248 e. The van der Waals surface area contributed by atoms with Gasteiger partial charge in [0.15, 0.2) is 5.13 Å². The summed E-state index contributed by atoms with van der Waals surface area (Å²) in [6, 6.07) is 7.03. The van der Waals surface area contributed by atoms with Crippen molar-refractivity contribution in [2.45, 2.75) is 12.8 Å². The minimum atomic E-state index is -0.476. The Balaban J connectivity index is 1.95. The Bertz CT molecular complexity index is 581. The average Bonchev–Trinajstić information content (AvgIpc) is 2.89. The summed E-state index contributed by atoms with van der Waals surface area (Å²) in [6.45, 7) is 0. The maximum absolute atomic E-state index is 11.7. The predicted octanol–water partition coefficient (Wildman–Crippen LogP) is 1.81. The summed E-state index contributed by atoms with van der Waals surface area (Å²) >= 11 is 1.36. The lowest BCUT2D eigenvalue weighted by molar-refractivity contribution is -0.116. The van der Waals surface area contributed by atoms with Crippen LogP contribution in [0.4, 0.5) is 5.13 Å². The van der Waals surface area contributed by atoms with E-state index in [2.05, 4.69) is 10.3 Å². The van der Waals surface area contributed by atoms with Gasteiger partial charge in [-0.25, -0.2) is 4.98 Å². The summed E-state index contributed by atoms with van der Waals surface area (Å²) in [7, 11) is 0. The van der Waals surface area contributed by atoms with E-state index in [1.165, 1.54) is 11.3 Å². The number of benzene rings is 1. The maximum atomic E-state index is 11.7. The minimum Gasteiger partial charge on any atom is -0.366 e. The number of nitrogens with one attached hydrogen (secondary N) is 1. The van der Waals surface area contributed by atoms with Crippen molar-refractivity contribution in [1.29, 1.82) is 0 Å². The molecule has 5 nitrogen and oxygen atoms in total. The fraction of sp³-hybridized carbons (Fsp3) is 0.154. The van der Waals surface area contributed by atoms with Crippen LogP contribution >= 0.6 is 11.3 Å². The van der Waals surface area contributed by atoms with E-state index in [9.17, 15) is 9.59 Å². The number of hydrogen-bond donors (Lipinski definition) is 2. The fourth-order valence-electron chi connectivity index (χ4n) is 1.69. The minimum absolute atomic E-state index is 0.130. The van der Waals surface area contributed by atoms with Crippen LogP contribution < -0.4 is 11.1 Å². The first-order valence-electron chi connectivity index (χ1n) is 5.74. The largest absolute Gasteiger partial charge is 0.366 e. The SMILES string of the molecule is NC(=O)c1ccccc1CCC(=O)Nc1nccs1. The number of carbonyl (C=O) groups excluding carboxylic acids is 2. The molecule has 19 heavy (non-hydrogen) atoms. The van der Waals surface area contributed by atoms with E-state index in [1.54, 1.807) is 29.8 Å². The maximum Gasteiger partial charge on any atom is 0.248 e. The van der Waals surface area contributed by atoms with Crippen molar-refractivity contribution in [2.24, 2.45) is 5.73 Å². The lowest BCUT2D eigenvalue weighted by Crippen LogP contribution is -2.16. The van der Waals surface area contributed by atoms with Crippen LogP contribution in [-0.2, 0) is 11.2 Å². The Morgan fingerprint density at radius 1 is 1.32 bits per heavy atom. The molecular formula is C13H13N3O2S. The number of thiazole rings is 1. The van der Waals surface area contributed by atoms with E-state index in [4.69, 9.17) is 5.73 Å².